The van der Waals surface area contributed by atoms with Crippen LogP contribution in [-0.4, -0.2) is 61.1 Å². The molecular formula is C14H18N2O3. The number of aromatic nitrogens is 1. The molecule has 0 radical (unpaired) electrons. The fourth-order valence-electron chi connectivity index (χ4n) is 1.86. The first-order chi connectivity index (χ1) is 9.28. The van der Waals surface area contributed by atoms with Gasteiger partial charge in [-0.15, -0.1) is 0 Å². The van der Waals surface area contributed by atoms with Crippen LogP contribution < -0.4 is 4.74 Å². The fraction of sp³-hybridized carbons (Fsp3) is 0.500. The summed E-state index contributed by atoms with van der Waals surface area (Å²) in [6.07, 6.45) is 3.38. The molecule has 0 aliphatic carbocycles. The van der Waals surface area contributed by atoms with Crippen LogP contribution in [-0.2, 0) is 4.74 Å². The molecule has 1 aromatic heterocycles. The molecule has 0 saturated carbocycles. The van der Waals surface area contributed by atoms with Crippen LogP contribution in [0, 0.1) is 11.8 Å². The summed E-state index contributed by atoms with van der Waals surface area (Å²) in [7, 11) is 2.07. The number of ether oxygens (including phenoxy) is 2. The van der Waals surface area contributed by atoms with Gasteiger partial charge in [0.25, 0.3) is 0 Å². The van der Waals surface area contributed by atoms with Gasteiger partial charge in [0, 0.05) is 24.8 Å². The van der Waals surface area contributed by atoms with Gasteiger partial charge in [-0.3, -0.25) is 4.98 Å². The first-order valence-corrected chi connectivity index (χ1v) is 6.25. The minimum absolute atomic E-state index is 0.0888. The maximum atomic E-state index is 8.65. The van der Waals surface area contributed by atoms with E-state index < -0.39 is 0 Å². The third-order valence-electron chi connectivity index (χ3n) is 2.80. The standard InChI is InChI=1S/C14H18N2O3/c1-16-4-6-18-14(10-16)11-19-13-7-12(3-2-5-17)8-15-9-13/h7-9,14,17H,4-6,10-11H2,1H3. The molecule has 1 fully saturated rings. The Morgan fingerprint density at radius 1 is 1.58 bits per heavy atom. The molecule has 1 aromatic rings. The van der Waals surface area contributed by atoms with Crippen molar-refractivity contribution in [3.05, 3.63) is 24.0 Å². The van der Waals surface area contributed by atoms with Gasteiger partial charge in [-0.05, 0) is 13.1 Å². The van der Waals surface area contributed by atoms with E-state index in [9.17, 15) is 0 Å². The van der Waals surface area contributed by atoms with Crippen LogP contribution in [0.3, 0.4) is 0 Å². The topological polar surface area (TPSA) is 54.8 Å². The lowest BCUT2D eigenvalue weighted by Crippen LogP contribution is -2.42. The summed E-state index contributed by atoms with van der Waals surface area (Å²) in [5, 5.41) is 8.65. The lowest BCUT2D eigenvalue weighted by Gasteiger charge is -2.29. The molecule has 1 aliphatic heterocycles. The van der Waals surface area contributed by atoms with Crippen LogP contribution in [0.1, 0.15) is 5.56 Å². The van der Waals surface area contributed by atoms with E-state index in [4.69, 9.17) is 14.6 Å². The van der Waals surface area contributed by atoms with E-state index in [1.54, 1.807) is 12.4 Å². The SMILES string of the molecule is CN1CCOC(COc2cncc(C#CCO)c2)C1. The number of aliphatic hydroxyl groups is 1. The molecule has 0 bridgehead atoms. The highest BCUT2D eigenvalue weighted by atomic mass is 16.5. The molecule has 1 unspecified atom stereocenters. The fourth-order valence-corrected chi connectivity index (χ4v) is 1.86. The van der Waals surface area contributed by atoms with Gasteiger partial charge in [0.2, 0.25) is 0 Å². The Bertz CT molecular complexity index is 467. The van der Waals surface area contributed by atoms with Gasteiger partial charge in [-0.25, -0.2) is 0 Å². The molecule has 0 spiro atoms. The highest BCUT2D eigenvalue weighted by Gasteiger charge is 2.18. The Morgan fingerprint density at radius 3 is 3.26 bits per heavy atom. The van der Waals surface area contributed by atoms with Gasteiger partial charge in [0.05, 0.1) is 12.8 Å². The number of pyridine rings is 1. The molecule has 1 aliphatic rings. The zero-order valence-electron chi connectivity index (χ0n) is 11.0. The second-order valence-corrected chi connectivity index (χ2v) is 4.44. The predicted molar refractivity (Wildman–Crippen MR) is 70.9 cm³/mol. The Balaban J connectivity index is 1.88. The second kappa shape index (κ2) is 7.10. The van der Waals surface area contributed by atoms with Crippen LogP contribution in [0.5, 0.6) is 5.75 Å². The highest BCUT2D eigenvalue weighted by Crippen LogP contribution is 2.12. The van der Waals surface area contributed by atoms with Crippen molar-refractivity contribution in [2.45, 2.75) is 6.10 Å². The Kier molecular flexibility index (Phi) is 5.16. The summed E-state index contributed by atoms with van der Waals surface area (Å²) < 4.78 is 11.3. The van der Waals surface area contributed by atoms with Crippen molar-refractivity contribution in [1.29, 1.82) is 0 Å². The minimum atomic E-state index is -0.159. The number of aliphatic hydroxyl groups excluding tert-OH is 1. The van der Waals surface area contributed by atoms with Crippen molar-refractivity contribution < 1.29 is 14.6 Å². The Morgan fingerprint density at radius 2 is 2.47 bits per heavy atom. The molecular weight excluding hydrogens is 244 g/mol. The third-order valence-corrected chi connectivity index (χ3v) is 2.80. The molecule has 1 N–H and O–H groups in total. The minimum Gasteiger partial charge on any atom is -0.489 e. The van der Waals surface area contributed by atoms with Crippen molar-refractivity contribution in [3.8, 4) is 17.6 Å². The van der Waals surface area contributed by atoms with Gasteiger partial charge >= 0.3 is 0 Å². The van der Waals surface area contributed by atoms with Crippen LogP contribution in [0.15, 0.2) is 18.5 Å². The van der Waals surface area contributed by atoms with Gasteiger partial charge in [-0.2, -0.15) is 0 Å². The predicted octanol–water partition coefficient (Wildman–Crippen LogP) is 0.135. The second-order valence-electron chi connectivity index (χ2n) is 4.44. The normalized spacial score (nSPS) is 19.6. The number of likely N-dealkylation sites (N-methyl/N-ethyl adjacent to an activating group) is 1. The first kappa shape index (κ1) is 13.8. The van der Waals surface area contributed by atoms with Crippen molar-refractivity contribution in [2.24, 2.45) is 0 Å². The van der Waals surface area contributed by atoms with E-state index in [1.807, 2.05) is 6.07 Å². The molecule has 2 rings (SSSR count). The Hall–Kier alpha value is -1.61. The lowest BCUT2D eigenvalue weighted by atomic mass is 10.2. The van der Waals surface area contributed by atoms with E-state index in [0.29, 0.717) is 12.4 Å². The number of morpholine rings is 1. The molecule has 0 amide bonds. The zero-order chi connectivity index (χ0) is 13.5. The zero-order valence-corrected chi connectivity index (χ0v) is 11.0. The van der Waals surface area contributed by atoms with Gasteiger partial charge in [0.1, 0.15) is 25.1 Å². The van der Waals surface area contributed by atoms with Crippen molar-refractivity contribution in [1.82, 2.24) is 9.88 Å². The molecule has 0 aromatic carbocycles. The summed E-state index contributed by atoms with van der Waals surface area (Å²) in [5.41, 5.74) is 0.730. The summed E-state index contributed by atoms with van der Waals surface area (Å²) >= 11 is 0. The summed E-state index contributed by atoms with van der Waals surface area (Å²) in [5.74, 6) is 6.05. The number of rotatable bonds is 3. The van der Waals surface area contributed by atoms with E-state index in [-0.39, 0.29) is 12.7 Å². The van der Waals surface area contributed by atoms with Gasteiger partial charge < -0.3 is 19.5 Å². The maximum absolute atomic E-state index is 8.65. The first-order valence-electron chi connectivity index (χ1n) is 6.25. The number of nitrogens with zero attached hydrogens (tertiary/aromatic N) is 2. The maximum Gasteiger partial charge on any atom is 0.138 e. The largest absolute Gasteiger partial charge is 0.489 e. The molecule has 2 heterocycles. The van der Waals surface area contributed by atoms with Crippen LogP contribution >= 0.6 is 0 Å². The van der Waals surface area contributed by atoms with E-state index in [0.717, 1.165) is 25.3 Å². The molecule has 19 heavy (non-hydrogen) atoms. The van der Waals surface area contributed by atoms with E-state index in [2.05, 4.69) is 28.8 Å². The monoisotopic (exact) mass is 262 g/mol. The Labute approximate surface area is 113 Å². The average molecular weight is 262 g/mol. The highest BCUT2D eigenvalue weighted by molar-refractivity contribution is 5.36. The van der Waals surface area contributed by atoms with E-state index in [1.165, 1.54) is 0 Å². The van der Waals surface area contributed by atoms with Crippen LogP contribution in [0.25, 0.3) is 0 Å². The van der Waals surface area contributed by atoms with Crippen molar-refractivity contribution in [2.75, 3.05) is 40.0 Å². The molecule has 102 valence electrons. The average Bonchev–Trinajstić information content (AvgIpc) is 2.43. The molecule has 5 heteroatoms. The van der Waals surface area contributed by atoms with Gasteiger partial charge in [-0.1, -0.05) is 11.8 Å². The summed E-state index contributed by atoms with van der Waals surface area (Å²) in [6.45, 7) is 2.92. The summed E-state index contributed by atoms with van der Waals surface area (Å²) in [6, 6.07) is 1.81. The lowest BCUT2D eigenvalue weighted by molar-refractivity contribution is -0.0404. The van der Waals surface area contributed by atoms with Crippen molar-refractivity contribution >= 4 is 0 Å². The van der Waals surface area contributed by atoms with E-state index >= 15 is 0 Å². The van der Waals surface area contributed by atoms with Crippen LogP contribution in [0.2, 0.25) is 0 Å². The molecule has 1 atom stereocenters. The molecule has 1 saturated heterocycles. The van der Waals surface area contributed by atoms with Gasteiger partial charge in [0.15, 0.2) is 0 Å². The van der Waals surface area contributed by atoms with Crippen LogP contribution in [0.4, 0.5) is 0 Å². The smallest absolute Gasteiger partial charge is 0.138 e. The quantitative estimate of drug-likeness (QED) is 0.785. The molecule has 5 nitrogen and oxygen atoms in total. The van der Waals surface area contributed by atoms with Crippen molar-refractivity contribution in [3.63, 3.8) is 0 Å². The number of hydrogen-bond donors (Lipinski definition) is 1. The third kappa shape index (κ3) is 4.52. The summed E-state index contributed by atoms with van der Waals surface area (Å²) in [4.78, 5) is 6.28. The number of hydrogen-bond acceptors (Lipinski definition) is 5.